The van der Waals surface area contributed by atoms with Crippen LogP contribution in [0.25, 0.3) is 5.69 Å². The molecule has 3 rings (SSSR count). The Kier molecular flexibility index (Phi) is 5.12. The number of nitrogens with zero attached hydrogens (tertiary/aromatic N) is 3. The fourth-order valence-corrected chi connectivity index (χ4v) is 2.47. The number of aromatic nitrogens is 2. The molecule has 0 unspecified atom stereocenters. The van der Waals surface area contributed by atoms with Gasteiger partial charge in [-0.3, -0.25) is 14.4 Å². The zero-order chi connectivity index (χ0) is 19.4. The normalized spacial score (nSPS) is 10.3. The van der Waals surface area contributed by atoms with Crippen molar-refractivity contribution in [2.45, 2.75) is 0 Å². The average molecular weight is 362 g/mol. The highest BCUT2D eigenvalue weighted by molar-refractivity contribution is 6.03. The fourth-order valence-electron chi connectivity index (χ4n) is 2.47. The van der Waals surface area contributed by atoms with Crippen LogP contribution in [0.4, 0.5) is 5.69 Å². The molecule has 7 nitrogen and oxygen atoms in total. The van der Waals surface area contributed by atoms with Gasteiger partial charge in [0, 0.05) is 31.4 Å². The first-order valence-corrected chi connectivity index (χ1v) is 8.24. The van der Waals surface area contributed by atoms with Crippen molar-refractivity contribution in [3.63, 3.8) is 0 Å². The molecule has 0 aliphatic heterocycles. The molecule has 1 aromatic heterocycles. The third-order valence-corrected chi connectivity index (χ3v) is 3.81. The van der Waals surface area contributed by atoms with Gasteiger partial charge in [-0.1, -0.05) is 24.3 Å². The number of carbonyl (C=O) groups is 2. The Morgan fingerprint density at radius 3 is 2.41 bits per heavy atom. The van der Waals surface area contributed by atoms with Crippen molar-refractivity contribution < 1.29 is 9.59 Å². The quantitative estimate of drug-likeness (QED) is 0.771. The zero-order valence-corrected chi connectivity index (χ0v) is 14.9. The molecule has 3 aromatic rings. The number of hydrogen-bond donors (Lipinski definition) is 1. The van der Waals surface area contributed by atoms with Gasteiger partial charge in [0.2, 0.25) is 0 Å². The fraction of sp³-hybridized carbons (Fsp3) is 0.100. The van der Waals surface area contributed by atoms with Crippen LogP contribution >= 0.6 is 0 Å². The number of nitrogens with one attached hydrogen (secondary N) is 1. The molecule has 1 heterocycles. The predicted octanol–water partition coefficient (Wildman–Crippen LogP) is 2.19. The maximum atomic E-state index is 12.5. The van der Waals surface area contributed by atoms with Crippen molar-refractivity contribution in [3.05, 3.63) is 88.3 Å². The first-order valence-electron chi connectivity index (χ1n) is 8.24. The van der Waals surface area contributed by atoms with Crippen LogP contribution in [0.1, 0.15) is 20.8 Å². The van der Waals surface area contributed by atoms with Crippen LogP contribution in [0.15, 0.2) is 71.5 Å². The summed E-state index contributed by atoms with van der Waals surface area (Å²) in [4.78, 5) is 38.1. The van der Waals surface area contributed by atoms with Crippen molar-refractivity contribution in [1.82, 2.24) is 14.7 Å². The molecule has 0 aliphatic rings. The molecule has 1 N–H and O–H groups in total. The van der Waals surface area contributed by atoms with Crippen LogP contribution in [0.2, 0.25) is 0 Å². The van der Waals surface area contributed by atoms with Gasteiger partial charge in [-0.05, 0) is 36.4 Å². The molecule has 0 saturated heterocycles. The highest BCUT2D eigenvalue weighted by atomic mass is 16.2. The van der Waals surface area contributed by atoms with Crippen molar-refractivity contribution >= 4 is 17.5 Å². The lowest BCUT2D eigenvalue weighted by Crippen LogP contribution is -2.25. The maximum Gasteiger partial charge on any atom is 0.276 e. The van der Waals surface area contributed by atoms with Gasteiger partial charge in [-0.25, -0.2) is 0 Å². The van der Waals surface area contributed by atoms with E-state index < -0.39 is 5.91 Å². The van der Waals surface area contributed by atoms with Gasteiger partial charge in [0.25, 0.3) is 17.4 Å². The van der Waals surface area contributed by atoms with Crippen molar-refractivity contribution in [1.29, 1.82) is 0 Å². The molecular weight excluding hydrogens is 344 g/mol. The van der Waals surface area contributed by atoms with Gasteiger partial charge < -0.3 is 10.2 Å². The predicted molar refractivity (Wildman–Crippen MR) is 102 cm³/mol. The minimum atomic E-state index is -0.478. The second-order valence-corrected chi connectivity index (χ2v) is 6.04. The first-order chi connectivity index (χ1) is 13.0. The monoisotopic (exact) mass is 362 g/mol. The second kappa shape index (κ2) is 7.65. The van der Waals surface area contributed by atoms with E-state index in [1.165, 1.54) is 21.7 Å². The van der Waals surface area contributed by atoms with E-state index in [0.29, 0.717) is 16.9 Å². The van der Waals surface area contributed by atoms with Gasteiger partial charge in [-0.2, -0.15) is 9.78 Å². The molecule has 0 aliphatic carbocycles. The molecule has 0 bridgehead atoms. The third-order valence-electron chi connectivity index (χ3n) is 3.81. The van der Waals surface area contributed by atoms with E-state index in [0.717, 1.165) is 0 Å². The standard InChI is InChI=1S/C20H18N4O3/c1-23(2)20(27)14-7-6-8-15(13-14)21-19(26)17-11-12-18(25)24(22-17)16-9-4-3-5-10-16/h3-13H,1-2H3,(H,21,26). The summed E-state index contributed by atoms with van der Waals surface area (Å²) < 4.78 is 1.17. The van der Waals surface area contributed by atoms with Crippen molar-refractivity contribution in [2.24, 2.45) is 0 Å². The van der Waals surface area contributed by atoms with E-state index in [1.54, 1.807) is 62.6 Å². The van der Waals surface area contributed by atoms with E-state index in [4.69, 9.17) is 0 Å². The molecule has 0 saturated carbocycles. The molecule has 0 fully saturated rings. The summed E-state index contributed by atoms with van der Waals surface area (Å²) in [5.41, 5.74) is 1.24. The summed E-state index contributed by atoms with van der Waals surface area (Å²) in [5, 5.41) is 6.84. The van der Waals surface area contributed by atoms with E-state index in [1.807, 2.05) is 6.07 Å². The highest BCUT2D eigenvalue weighted by Gasteiger charge is 2.13. The Bertz CT molecular complexity index is 1040. The van der Waals surface area contributed by atoms with Gasteiger partial charge >= 0.3 is 0 Å². The lowest BCUT2D eigenvalue weighted by Gasteiger charge is -2.12. The smallest absolute Gasteiger partial charge is 0.276 e. The molecule has 0 spiro atoms. The van der Waals surface area contributed by atoms with E-state index >= 15 is 0 Å². The topological polar surface area (TPSA) is 84.3 Å². The molecule has 2 amide bonds. The number of carbonyl (C=O) groups excluding carboxylic acids is 2. The summed E-state index contributed by atoms with van der Waals surface area (Å²) in [7, 11) is 3.31. The summed E-state index contributed by atoms with van der Waals surface area (Å²) >= 11 is 0. The number of benzene rings is 2. The number of para-hydroxylation sites is 1. The minimum absolute atomic E-state index is 0.0859. The zero-order valence-electron chi connectivity index (χ0n) is 14.9. The molecule has 136 valence electrons. The molecule has 2 aromatic carbocycles. The van der Waals surface area contributed by atoms with Crippen LogP contribution in [0, 0.1) is 0 Å². The molecule has 0 atom stereocenters. The number of rotatable bonds is 4. The average Bonchev–Trinajstić information content (AvgIpc) is 2.68. The number of anilines is 1. The summed E-state index contributed by atoms with van der Waals surface area (Å²) in [6, 6.07) is 18.1. The van der Waals surface area contributed by atoms with E-state index in [9.17, 15) is 14.4 Å². The van der Waals surface area contributed by atoms with E-state index in [-0.39, 0.29) is 17.2 Å². The molecular formula is C20H18N4O3. The van der Waals surface area contributed by atoms with Crippen molar-refractivity contribution in [2.75, 3.05) is 19.4 Å². The second-order valence-electron chi connectivity index (χ2n) is 6.04. The lowest BCUT2D eigenvalue weighted by atomic mass is 10.2. The van der Waals surface area contributed by atoms with Crippen LogP contribution in [-0.2, 0) is 0 Å². The SMILES string of the molecule is CN(C)C(=O)c1cccc(NC(=O)c2ccc(=O)n(-c3ccccc3)n2)c1. The minimum Gasteiger partial charge on any atom is -0.345 e. The summed E-state index contributed by atoms with van der Waals surface area (Å²) in [5.74, 6) is -0.643. The molecule has 27 heavy (non-hydrogen) atoms. The largest absolute Gasteiger partial charge is 0.345 e. The van der Waals surface area contributed by atoms with Gasteiger partial charge in [0.15, 0.2) is 0 Å². The maximum absolute atomic E-state index is 12.5. The Hall–Kier alpha value is -3.74. The lowest BCUT2D eigenvalue weighted by molar-refractivity contribution is 0.0827. The molecule has 7 heteroatoms. The Morgan fingerprint density at radius 1 is 0.963 bits per heavy atom. The number of hydrogen-bond acceptors (Lipinski definition) is 4. The molecule has 0 radical (unpaired) electrons. The van der Waals surface area contributed by atoms with Crippen LogP contribution in [-0.4, -0.2) is 40.6 Å². The van der Waals surface area contributed by atoms with Crippen LogP contribution in [0.3, 0.4) is 0 Å². The summed E-state index contributed by atoms with van der Waals surface area (Å²) in [6.07, 6.45) is 0. The van der Waals surface area contributed by atoms with Gasteiger partial charge in [0.05, 0.1) is 5.69 Å². The van der Waals surface area contributed by atoms with Crippen molar-refractivity contribution in [3.8, 4) is 5.69 Å². The Labute approximate surface area is 155 Å². The third kappa shape index (κ3) is 4.09. The number of amides is 2. The Balaban J connectivity index is 1.86. The highest BCUT2D eigenvalue weighted by Crippen LogP contribution is 2.13. The van der Waals surface area contributed by atoms with Gasteiger partial charge in [0.1, 0.15) is 5.69 Å². The Morgan fingerprint density at radius 2 is 1.70 bits per heavy atom. The van der Waals surface area contributed by atoms with Crippen LogP contribution < -0.4 is 10.9 Å². The van der Waals surface area contributed by atoms with E-state index in [2.05, 4.69) is 10.4 Å². The van der Waals surface area contributed by atoms with Gasteiger partial charge in [-0.15, -0.1) is 0 Å². The summed E-state index contributed by atoms with van der Waals surface area (Å²) in [6.45, 7) is 0. The first kappa shape index (κ1) is 18.1. The van der Waals surface area contributed by atoms with Crippen LogP contribution in [0.5, 0.6) is 0 Å².